The fourth-order valence-corrected chi connectivity index (χ4v) is 4.41. The largest absolute Gasteiger partial charge is 0.370 e. The molecule has 4 heterocycles. The lowest BCUT2D eigenvalue weighted by Gasteiger charge is -2.62. The Labute approximate surface area is 171 Å². The summed E-state index contributed by atoms with van der Waals surface area (Å²) in [6, 6.07) is 11.1. The molecular weight excluding hydrogens is 362 g/mol. The zero-order valence-electron chi connectivity index (χ0n) is 17.2. The fourth-order valence-electron chi connectivity index (χ4n) is 4.41. The van der Waals surface area contributed by atoms with Crippen molar-refractivity contribution in [3.63, 3.8) is 0 Å². The van der Waals surface area contributed by atoms with Gasteiger partial charge < -0.3 is 10.2 Å². The number of likely N-dealkylation sites (tertiary alicyclic amines) is 1. The van der Waals surface area contributed by atoms with Crippen LogP contribution in [0.4, 0.5) is 17.3 Å². The number of aromatic nitrogens is 4. The van der Waals surface area contributed by atoms with Crippen LogP contribution in [0.2, 0.25) is 0 Å². The number of nitrogens with zero attached hydrogens (tertiary/aromatic N) is 6. The zero-order valence-corrected chi connectivity index (χ0v) is 17.2. The summed E-state index contributed by atoms with van der Waals surface area (Å²) >= 11 is 0. The first kappa shape index (κ1) is 18.1. The van der Waals surface area contributed by atoms with Gasteiger partial charge in [0, 0.05) is 55.2 Å². The third-order valence-corrected chi connectivity index (χ3v) is 5.95. The van der Waals surface area contributed by atoms with Gasteiger partial charge in [-0.15, -0.1) is 5.10 Å². The number of hydrogen-bond donors (Lipinski definition) is 1. The molecule has 0 saturated carbocycles. The molecule has 1 N–H and O–H groups in total. The van der Waals surface area contributed by atoms with Crippen molar-refractivity contribution in [2.75, 3.05) is 36.4 Å². The van der Waals surface area contributed by atoms with Crippen molar-refractivity contribution in [3.8, 4) is 5.69 Å². The molecule has 3 aromatic rings. The molecule has 29 heavy (non-hydrogen) atoms. The third-order valence-electron chi connectivity index (χ3n) is 5.95. The first-order valence-corrected chi connectivity index (χ1v) is 10.2. The van der Waals surface area contributed by atoms with Gasteiger partial charge in [-0.05, 0) is 56.7 Å². The van der Waals surface area contributed by atoms with Crippen molar-refractivity contribution >= 4 is 17.3 Å². The molecule has 0 radical (unpaired) electrons. The number of hydrogen-bond acceptors (Lipinski definition) is 6. The van der Waals surface area contributed by atoms with Crippen LogP contribution < -0.4 is 10.2 Å². The van der Waals surface area contributed by atoms with Gasteiger partial charge in [0.25, 0.3) is 0 Å². The second-order valence-corrected chi connectivity index (χ2v) is 8.76. The van der Waals surface area contributed by atoms with E-state index in [0.717, 1.165) is 24.5 Å². The van der Waals surface area contributed by atoms with Gasteiger partial charge in [-0.25, -0.2) is 4.68 Å². The maximum absolute atomic E-state index is 4.52. The Morgan fingerprint density at radius 2 is 1.90 bits per heavy atom. The Morgan fingerprint density at radius 3 is 2.62 bits per heavy atom. The third kappa shape index (κ3) is 3.46. The number of pyridine rings is 1. The first-order chi connectivity index (χ1) is 14.0. The normalized spacial score (nSPS) is 18.0. The molecule has 0 bridgehead atoms. The van der Waals surface area contributed by atoms with Crippen LogP contribution in [0.15, 0.2) is 49.1 Å². The summed E-state index contributed by atoms with van der Waals surface area (Å²) in [6.07, 6.45) is 5.22. The lowest BCUT2D eigenvalue weighted by Crippen LogP contribution is -2.73. The molecule has 0 aliphatic carbocycles. The van der Waals surface area contributed by atoms with Crippen LogP contribution in [-0.4, -0.2) is 56.9 Å². The van der Waals surface area contributed by atoms with Crippen LogP contribution in [-0.2, 0) is 0 Å². The zero-order chi connectivity index (χ0) is 20.0. The summed E-state index contributed by atoms with van der Waals surface area (Å²) in [5.74, 6) is 0.581. The molecule has 7 nitrogen and oxygen atoms in total. The van der Waals surface area contributed by atoms with E-state index in [1.807, 2.05) is 12.1 Å². The van der Waals surface area contributed by atoms with Gasteiger partial charge in [0.15, 0.2) is 0 Å². The van der Waals surface area contributed by atoms with Crippen LogP contribution in [0.1, 0.15) is 19.4 Å². The molecule has 1 spiro atoms. The van der Waals surface area contributed by atoms with Crippen molar-refractivity contribution in [2.45, 2.75) is 26.8 Å². The van der Waals surface area contributed by atoms with Gasteiger partial charge in [-0.3, -0.25) is 9.88 Å². The molecule has 1 aromatic carbocycles. The molecule has 2 fully saturated rings. The molecule has 0 amide bonds. The molecule has 0 unspecified atom stereocenters. The van der Waals surface area contributed by atoms with E-state index in [4.69, 9.17) is 0 Å². The van der Waals surface area contributed by atoms with Crippen molar-refractivity contribution in [1.82, 2.24) is 24.6 Å². The lowest BCUT2D eigenvalue weighted by atomic mass is 9.72. The average Bonchev–Trinajstić information content (AvgIpc) is 3.08. The van der Waals surface area contributed by atoms with Crippen LogP contribution in [0, 0.1) is 12.3 Å². The number of nitrogens with one attached hydrogen (secondary N) is 1. The second-order valence-electron chi connectivity index (χ2n) is 8.76. The minimum Gasteiger partial charge on any atom is -0.370 e. The maximum atomic E-state index is 4.52. The fraction of sp³-hybridized carbons (Fsp3) is 0.409. The molecule has 0 atom stereocenters. The average molecular weight is 390 g/mol. The van der Waals surface area contributed by atoms with Crippen LogP contribution >= 0.6 is 0 Å². The smallest absolute Gasteiger partial charge is 0.246 e. The predicted octanol–water partition coefficient (Wildman–Crippen LogP) is 3.24. The second kappa shape index (κ2) is 6.84. The van der Waals surface area contributed by atoms with E-state index in [0.29, 0.717) is 17.4 Å². The predicted molar refractivity (Wildman–Crippen MR) is 115 cm³/mol. The van der Waals surface area contributed by atoms with Gasteiger partial charge in [-0.2, -0.15) is 4.98 Å². The molecule has 2 saturated heterocycles. The minimum absolute atomic E-state index is 0.506. The highest BCUT2D eigenvalue weighted by molar-refractivity contribution is 5.65. The van der Waals surface area contributed by atoms with Crippen molar-refractivity contribution in [1.29, 1.82) is 0 Å². The molecule has 7 heteroatoms. The van der Waals surface area contributed by atoms with Crippen LogP contribution in [0.25, 0.3) is 5.69 Å². The summed E-state index contributed by atoms with van der Waals surface area (Å²) in [5, 5.41) is 7.87. The van der Waals surface area contributed by atoms with E-state index in [9.17, 15) is 0 Å². The van der Waals surface area contributed by atoms with Crippen molar-refractivity contribution < 1.29 is 0 Å². The van der Waals surface area contributed by atoms with E-state index in [2.05, 4.69) is 69.2 Å². The monoisotopic (exact) mass is 389 g/mol. The molecule has 2 aliphatic rings. The van der Waals surface area contributed by atoms with Gasteiger partial charge in [0.05, 0.1) is 11.9 Å². The van der Waals surface area contributed by atoms with Gasteiger partial charge in [0.2, 0.25) is 5.95 Å². The summed E-state index contributed by atoms with van der Waals surface area (Å²) in [6.45, 7) is 11.5. The Bertz CT molecular complexity index is 997. The Morgan fingerprint density at radius 1 is 1.07 bits per heavy atom. The molecule has 150 valence electrons. The molecule has 2 aromatic heterocycles. The van der Waals surface area contributed by atoms with E-state index < -0.39 is 0 Å². The highest BCUT2D eigenvalue weighted by atomic mass is 15.4. The topological polar surface area (TPSA) is 62.1 Å². The van der Waals surface area contributed by atoms with Crippen LogP contribution in [0.3, 0.4) is 0 Å². The minimum atomic E-state index is 0.506. The summed E-state index contributed by atoms with van der Waals surface area (Å²) in [4.78, 5) is 13.6. The van der Waals surface area contributed by atoms with Gasteiger partial charge in [0.1, 0.15) is 6.33 Å². The van der Waals surface area contributed by atoms with E-state index >= 15 is 0 Å². The highest BCUT2D eigenvalue weighted by Gasteiger charge is 2.52. The van der Waals surface area contributed by atoms with E-state index in [1.54, 1.807) is 23.4 Å². The molecular formula is C22H27N7. The van der Waals surface area contributed by atoms with E-state index in [1.165, 1.54) is 24.3 Å². The number of anilines is 3. The Balaban J connectivity index is 1.27. The van der Waals surface area contributed by atoms with Gasteiger partial charge in [-0.1, -0.05) is 0 Å². The first-order valence-electron chi connectivity index (χ1n) is 10.2. The summed E-state index contributed by atoms with van der Waals surface area (Å²) in [7, 11) is 0. The SMILES string of the molecule is Cc1cc(Nc2ncn(-c3cccnc3)n2)cc(N2CC3(C2)CN(C(C)C)C3)c1. The number of rotatable bonds is 5. The summed E-state index contributed by atoms with van der Waals surface area (Å²) in [5.41, 5.74) is 4.91. The number of aryl methyl sites for hydroxylation is 1. The maximum Gasteiger partial charge on any atom is 0.246 e. The Kier molecular flexibility index (Phi) is 4.28. The molecule has 5 rings (SSSR count). The quantitative estimate of drug-likeness (QED) is 0.723. The van der Waals surface area contributed by atoms with Crippen LogP contribution in [0.5, 0.6) is 0 Å². The van der Waals surface area contributed by atoms with Crippen molar-refractivity contribution in [2.24, 2.45) is 5.41 Å². The van der Waals surface area contributed by atoms with Crippen molar-refractivity contribution in [3.05, 3.63) is 54.6 Å². The standard InChI is InChI=1S/C22H27N7/c1-16(2)27-11-22(12-27)13-28(14-22)20-8-17(3)7-18(9-20)25-21-24-15-29(26-21)19-5-4-6-23-10-19/h4-10,15-16H,11-14H2,1-3H3,(H,25,26). The Hall–Kier alpha value is -2.93. The number of benzene rings is 1. The lowest BCUT2D eigenvalue weighted by molar-refractivity contribution is -0.0411. The van der Waals surface area contributed by atoms with Gasteiger partial charge >= 0.3 is 0 Å². The highest BCUT2D eigenvalue weighted by Crippen LogP contribution is 2.43. The summed E-state index contributed by atoms with van der Waals surface area (Å²) < 4.78 is 1.72. The molecule has 2 aliphatic heterocycles. The van der Waals surface area contributed by atoms with E-state index in [-0.39, 0.29) is 0 Å².